The van der Waals surface area contributed by atoms with Crippen LogP contribution in [0.15, 0.2) is 18.2 Å². The van der Waals surface area contributed by atoms with Crippen molar-refractivity contribution in [2.24, 2.45) is 5.73 Å². The van der Waals surface area contributed by atoms with Crippen LogP contribution in [0.4, 0.5) is 4.39 Å². The van der Waals surface area contributed by atoms with Crippen molar-refractivity contribution in [3.8, 4) is 0 Å². The van der Waals surface area contributed by atoms with E-state index >= 15 is 0 Å². The summed E-state index contributed by atoms with van der Waals surface area (Å²) in [6.45, 7) is 0.632. The molecular weight excluding hydrogens is 304 g/mol. The Morgan fingerprint density at radius 1 is 1.33 bits per heavy atom. The van der Waals surface area contributed by atoms with E-state index in [4.69, 9.17) is 5.73 Å². The molecule has 0 amide bonds. The van der Waals surface area contributed by atoms with Crippen molar-refractivity contribution in [3.63, 3.8) is 0 Å². The summed E-state index contributed by atoms with van der Waals surface area (Å²) in [5.74, 6) is -0.118. The molecule has 15 heavy (non-hydrogen) atoms. The molecule has 1 aromatic carbocycles. The van der Waals surface area contributed by atoms with Gasteiger partial charge in [0.1, 0.15) is 5.82 Å². The van der Waals surface area contributed by atoms with E-state index in [-0.39, 0.29) is 11.2 Å². The lowest BCUT2D eigenvalue weighted by Crippen LogP contribution is -2.32. The van der Waals surface area contributed by atoms with Crippen molar-refractivity contribution < 1.29 is 4.39 Å². The maximum atomic E-state index is 13.5. The normalized spacial score (nSPS) is 19.4. The Morgan fingerprint density at radius 3 is 2.53 bits per heavy atom. The van der Waals surface area contributed by atoms with Gasteiger partial charge in [0, 0.05) is 15.5 Å². The fourth-order valence-corrected chi connectivity index (χ4v) is 2.82. The van der Waals surface area contributed by atoms with E-state index in [1.165, 1.54) is 12.8 Å². The number of nitrogens with two attached hydrogens (primary N) is 1. The molecule has 2 N–H and O–H groups in total. The van der Waals surface area contributed by atoms with Crippen LogP contribution in [0, 0.1) is 9.39 Å². The van der Waals surface area contributed by atoms with E-state index in [1.807, 2.05) is 34.7 Å². The molecule has 1 aliphatic carbocycles. The second-order valence-electron chi connectivity index (χ2n) is 4.32. The standard InChI is InChI=1S/C12H15FIN/c13-10-7-9(3-4-11(10)14)12(8-15)5-1-2-6-12/h3-4,7H,1-2,5-6,8,15H2. The van der Waals surface area contributed by atoms with Gasteiger partial charge in [-0.05, 0) is 53.1 Å². The van der Waals surface area contributed by atoms with Gasteiger partial charge in [-0.3, -0.25) is 0 Å². The average molecular weight is 319 g/mol. The van der Waals surface area contributed by atoms with Crippen LogP contribution in [0.2, 0.25) is 0 Å². The topological polar surface area (TPSA) is 26.0 Å². The zero-order valence-electron chi connectivity index (χ0n) is 8.60. The van der Waals surface area contributed by atoms with Crippen LogP contribution in [-0.2, 0) is 5.41 Å². The molecule has 82 valence electrons. The lowest BCUT2D eigenvalue weighted by Gasteiger charge is -2.28. The molecule has 0 radical (unpaired) electrons. The zero-order chi connectivity index (χ0) is 10.9. The Labute approximate surface area is 103 Å². The fraction of sp³-hybridized carbons (Fsp3) is 0.500. The molecule has 0 aromatic heterocycles. The van der Waals surface area contributed by atoms with Crippen LogP contribution in [0.1, 0.15) is 31.2 Å². The molecule has 1 aromatic rings. The van der Waals surface area contributed by atoms with E-state index in [0.717, 1.165) is 18.4 Å². The molecule has 0 saturated heterocycles. The minimum atomic E-state index is -0.118. The van der Waals surface area contributed by atoms with E-state index < -0.39 is 0 Å². The molecule has 0 heterocycles. The molecule has 2 rings (SSSR count). The van der Waals surface area contributed by atoms with E-state index in [0.29, 0.717) is 10.1 Å². The first-order valence-corrected chi connectivity index (χ1v) is 6.41. The summed E-state index contributed by atoms with van der Waals surface area (Å²) in [6.07, 6.45) is 4.63. The quantitative estimate of drug-likeness (QED) is 0.833. The highest BCUT2D eigenvalue weighted by Gasteiger charge is 2.34. The van der Waals surface area contributed by atoms with E-state index in [1.54, 1.807) is 6.07 Å². The van der Waals surface area contributed by atoms with Crippen molar-refractivity contribution >= 4 is 22.6 Å². The van der Waals surface area contributed by atoms with Crippen LogP contribution in [-0.4, -0.2) is 6.54 Å². The predicted octanol–water partition coefficient (Wildman–Crippen LogP) is 3.20. The Morgan fingerprint density at radius 2 is 2.00 bits per heavy atom. The van der Waals surface area contributed by atoms with Crippen molar-refractivity contribution in [1.29, 1.82) is 0 Å². The molecule has 0 bridgehead atoms. The van der Waals surface area contributed by atoms with Gasteiger partial charge in [0.2, 0.25) is 0 Å². The monoisotopic (exact) mass is 319 g/mol. The minimum Gasteiger partial charge on any atom is -0.330 e. The van der Waals surface area contributed by atoms with Gasteiger partial charge in [-0.15, -0.1) is 0 Å². The van der Waals surface area contributed by atoms with Crippen LogP contribution in [0.3, 0.4) is 0 Å². The number of hydrogen-bond acceptors (Lipinski definition) is 1. The SMILES string of the molecule is NCC1(c2ccc(I)c(F)c2)CCCC1. The number of hydrogen-bond donors (Lipinski definition) is 1. The molecule has 0 atom stereocenters. The summed E-state index contributed by atoms with van der Waals surface area (Å²) < 4.78 is 14.2. The summed E-state index contributed by atoms with van der Waals surface area (Å²) in [5, 5.41) is 0. The highest BCUT2D eigenvalue weighted by atomic mass is 127. The highest BCUT2D eigenvalue weighted by Crippen LogP contribution is 2.40. The van der Waals surface area contributed by atoms with E-state index in [2.05, 4.69) is 0 Å². The zero-order valence-corrected chi connectivity index (χ0v) is 10.8. The largest absolute Gasteiger partial charge is 0.330 e. The van der Waals surface area contributed by atoms with Gasteiger partial charge in [-0.2, -0.15) is 0 Å². The molecule has 3 heteroatoms. The van der Waals surface area contributed by atoms with Crippen LogP contribution in [0.25, 0.3) is 0 Å². The second-order valence-corrected chi connectivity index (χ2v) is 5.48. The minimum absolute atomic E-state index is 0.0468. The Hall–Kier alpha value is -0.160. The number of rotatable bonds is 2. The van der Waals surface area contributed by atoms with Crippen LogP contribution in [0.5, 0.6) is 0 Å². The summed E-state index contributed by atoms with van der Waals surface area (Å²) in [4.78, 5) is 0. The van der Waals surface area contributed by atoms with Crippen LogP contribution >= 0.6 is 22.6 Å². The Kier molecular flexibility index (Phi) is 3.30. The summed E-state index contributed by atoms with van der Waals surface area (Å²) in [7, 11) is 0. The summed E-state index contributed by atoms with van der Waals surface area (Å²) in [5.41, 5.74) is 7.00. The fourth-order valence-electron chi connectivity index (χ4n) is 2.49. The average Bonchev–Trinajstić information content (AvgIpc) is 2.72. The lowest BCUT2D eigenvalue weighted by atomic mass is 9.79. The first-order chi connectivity index (χ1) is 7.18. The van der Waals surface area contributed by atoms with Crippen molar-refractivity contribution in [2.45, 2.75) is 31.1 Å². The first kappa shape index (κ1) is 11.3. The third-order valence-corrected chi connectivity index (χ3v) is 4.36. The molecule has 1 fully saturated rings. The molecule has 0 aliphatic heterocycles. The number of halogens is 2. The van der Waals surface area contributed by atoms with Gasteiger partial charge >= 0.3 is 0 Å². The van der Waals surface area contributed by atoms with Gasteiger partial charge in [-0.25, -0.2) is 4.39 Å². The summed E-state index contributed by atoms with van der Waals surface area (Å²) >= 11 is 2.01. The van der Waals surface area contributed by atoms with E-state index in [9.17, 15) is 4.39 Å². The maximum absolute atomic E-state index is 13.5. The molecule has 0 unspecified atom stereocenters. The Bertz CT molecular complexity index is 359. The van der Waals surface area contributed by atoms with Crippen molar-refractivity contribution in [1.82, 2.24) is 0 Å². The van der Waals surface area contributed by atoms with Gasteiger partial charge < -0.3 is 5.73 Å². The smallest absolute Gasteiger partial charge is 0.136 e. The third-order valence-electron chi connectivity index (χ3n) is 3.48. The van der Waals surface area contributed by atoms with Gasteiger partial charge in [-0.1, -0.05) is 18.9 Å². The molecule has 1 nitrogen and oxygen atoms in total. The van der Waals surface area contributed by atoms with Crippen molar-refractivity contribution in [3.05, 3.63) is 33.1 Å². The van der Waals surface area contributed by atoms with Crippen LogP contribution < -0.4 is 5.73 Å². The molecule has 1 aliphatic rings. The predicted molar refractivity (Wildman–Crippen MR) is 68.3 cm³/mol. The molecular formula is C12H15FIN. The maximum Gasteiger partial charge on any atom is 0.136 e. The van der Waals surface area contributed by atoms with Crippen molar-refractivity contribution in [2.75, 3.05) is 6.54 Å². The third kappa shape index (κ3) is 2.04. The molecule has 0 spiro atoms. The van der Waals surface area contributed by atoms with Gasteiger partial charge in [0.05, 0.1) is 0 Å². The second kappa shape index (κ2) is 4.37. The Balaban J connectivity index is 2.38. The van der Waals surface area contributed by atoms with Gasteiger partial charge in [0.15, 0.2) is 0 Å². The lowest BCUT2D eigenvalue weighted by molar-refractivity contribution is 0.449. The molecule has 1 saturated carbocycles. The van der Waals surface area contributed by atoms with Gasteiger partial charge in [0.25, 0.3) is 0 Å². The summed E-state index contributed by atoms with van der Waals surface area (Å²) in [6, 6.07) is 5.55. The first-order valence-electron chi connectivity index (χ1n) is 5.33. The highest BCUT2D eigenvalue weighted by molar-refractivity contribution is 14.1. The number of benzene rings is 1.